The molecule has 2 aromatic carbocycles. The number of azo groups is 1. The molecule has 0 aliphatic heterocycles. The summed E-state index contributed by atoms with van der Waals surface area (Å²) < 4.78 is 0. The highest BCUT2D eigenvalue weighted by Gasteiger charge is 2.02. The van der Waals surface area contributed by atoms with Gasteiger partial charge in [0.25, 0.3) is 0 Å². The minimum atomic E-state index is 0.728. The number of rotatable bonds is 7. The van der Waals surface area contributed by atoms with Crippen molar-refractivity contribution in [1.29, 1.82) is 0 Å². The monoisotopic (exact) mass is 282 g/mol. The molecule has 3 N–H and O–H groups in total. The third-order valence-corrected chi connectivity index (χ3v) is 3.15. The van der Waals surface area contributed by atoms with Crippen molar-refractivity contribution in [2.75, 3.05) is 17.6 Å². The predicted octanol–water partition coefficient (Wildman–Crippen LogP) is 5.29. The summed E-state index contributed by atoms with van der Waals surface area (Å²) in [6, 6.07) is 15.3. The summed E-state index contributed by atoms with van der Waals surface area (Å²) >= 11 is 0. The molecule has 0 aliphatic carbocycles. The first-order valence-electron chi connectivity index (χ1n) is 7.40. The second-order valence-electron chi connectivity index (χ2n) is 4.95. The fourth-order valence-corrected chi connectivity index (χ4v) is 1.99. The van der Waals surface area contributed by atoms with Crippen LogP contribution in [0.5, 0.6) is 0 Å². The molecule has 4 nitrogen and oxygen atoms in total. The first-order chi connectivity index (χ1) is 10.3. The molecular weight excluding hydrogens is 260 g/mol. The summed E-state index contributed by atoms with van der Waals surface area (Å²) in [4.78, 5) is 0. The van der Waals surface area contributed by atoms with E-state index in [1.807, 2.05) is 48.5 Å². The lowest BCUT2D eigenvalue weighted by atomic mass is 10.2. The summed E-state index contributed by atoms with van der Waals surface area (Å²) in [6.45, 7) is 3.12. The molecule has 4 heteroatoms. The molecule has 0 spiro atoms. The van der Waals surface area contributed by atoms with Crippen molar-refractivity contribution in [3.8, 4) is 0 Å². The van der Waals surface area contributed by atoms with Gasteiger partial charge in [0.2, 0.25) is 0 Å². The molecule has 0 saturated heterocycles. The van der Waals surface area contributed by atoms with E-state index in [9.17, 15) is 0 Å². The van der Waals surface area contributed by atoms with E-state index in [-0.39, 0.29) is 0 Å². The highest BCUT2D eigenvalue weighted by molar-refractivity contribution is 5.70. The summed E-state index contributed by atoms with van der Waals surface area (Å²) in [7, 11) is 0. The van der Waals surface area contributed by atoms with Gasteiger partial charge in [-0.3, -0.25) is 0 Å². The minimum Gasteiger partial charge on any atom is -0.399 e. The van der Waals surface area contributed by atoms with Crippen LogP contribution in [-0.4, -0.2) is 6.54 Å². The average Bonchev–Trinajstić information content (AvgIpc) is 2.52. The molecule has 0 amide bonds. The van der Waals surface area contributed by atoms with E-state index in [1.165, 1.54) is 12.8 Å². The maximum absolute atomic E-state index is 5.85. The number of nitrogens with two attached hydrogens (primary N) is 1. The largest absolute Gasteiger partial charge is 0.399 e. The van der Waals surface area contributed by atoms with Gasteiger partial charge < -0.3 is 11.1 Å². The van der Waals surface area contributed by atoms with Gasteiger partial charge in [-0.05, 0) is 36.8 Å². The average molecular weight is 282 g/mol. The second-order valence-corrected chi connectivity index (χ2v) is 4.95. The summed E-state index contributed by atoms with van der Waals surface area (Å²) in [5.74, 6) is 0. The van der Waals surface area contributed by atoms with Crippen LogP contribution in [0.2, 0.25) is 0 Å². The Morgan fingerprint density at radius 1 is 1.00 bits per heavy atom. The zero-order valence-corrected chi connectivity index (χ0v) is 12.4. The van der Waals surface area contributed by atoms with Crippen LogP contribution in [-0.2, 0) is 0 Å². The zero-order valence-electron chi connectivity index (χ0n) is 12.4. The van der Waals surface area contributed by atoms with Gasteiger partial charge in [0.1, 0.15) is 5.69 Å². The highest BCUT2D eigenvalue weighted by Crippen LogP contribution is 2.29. The number of nitrogens with zero attached hydrogens (tertiary/aromatic N) is 2. The summed E-state index contributed by atoms with van der Waals surface area (Å²) in [5, 5.41) is 12.0. The molecule has 0 aliphatic rings. The number of hydrogen-bond acceptors (Lipinski definition) is 4. The van der Waals surface area contributed by atoms with Crippen molar-refractivity contribution in [2.24, 2.45) is 10.2 Å². The van der Waals surface area contributed by atoms with Crippen molar-refractivity contribution in [2.45, 2.75) is 26.2 Å². The SMILES string of the molecule is CCCCCNc1cc(N)ccc1/N=N/c1ccccc1. The van der Waals surface area contributed by atoms with Crippen LogP contribution in [0.1, 0.15) is 26.2 Å². The number of anilines is 2. The summed E-state index contributed by atoms with van der Waals surface area (Å²) in [6.07, 6.45) is 3.57. The Kier molecular flexibility index (Phi) is 5.76. The Balaban J connectivity index is 2.09. The molecule has 0 unspecified atom stereocenters. The van der Waals surface area contributed by atoms with Crippen LogP contribution in [0.3, 0.4) is 0 Å². The van der Waals surface area contributed by atoms with Gasteiger partial charge in [-0.15, -0.1) is 5.11 Å². The highest BCUT2D eigenvalue weighted by atomic mass is 15.1. The molecular formula is C17H22N4. The fourth-order valence-electron chi connectivity index (χ4n) is 1.99. The normalized spacial score (nSPS) is 10.9. The Morgan fingerprint density at radius 3 is 2.57 bits per heavy atom. The molecule has 0 fully saturated rings. The van der Waals surface area contributed by atoms with Crippen molar-refractivity contribution in [3.63, 3.8) is 0 Å². The second kappa shape index (κ2) is 8.04. The molecule has 0 aromatic heterocycles. The standard InChI is InChI=1S/C17H22N4/c1-2-3-7-12-19-17-13-14(18)10-11-16(17)21-20-15-8-5-4-6-9-15/h4-6,8-11,13,19H,2-3,7,12,18H2,1H3/b21-20+. The van der Waals surface area contributed by atoms with Crippen molar-refractivity contribution in [1.82, 2.24) is 0 Å². The van der Waals surface area contributed by atoms with Gasteiger partial charge in [0.05, 0.1) is 11.4 Å². The minimum absolute atomic E-state index is 0.728. The lowest BCUT2D eigenvalue weighted by Gasteiger charge is -2.09. The first-order valence-corrected chi connectivity index (χ1v) is 7.40. The lowest BCUT2D eigenvalue weighted by molar-refractivity contribution is 0.744. The van der Waals surface area contributed by atoms with Gasteiger partial charge in [-0.25, -0.2) is 0 Å². The molecule has 0 saturated carbocycles. The van der Waals surface area contributed by atoms with E-state index >= 15 is 0 Å². The number of nitrogen functional groups attached to an aromatic ring is 1. The zero-order chi connectivity index (χ0) is 14.9. The smallest absolute Gasteiger partial charge is 0.109 e. The van der Waals surface area contributed by atoms with Crippen molar-refractivity contribution < 1.29 is 0 Å². The van der Waals surface area contributed by atoms with Crippen molar-refractivity contribution in [3.05, 3.63) is 48.5 Å². The maximum atomic E-state index is 5.85. The van der Waals surface area contributed by atoms with Crippen LogP contribution >= 0.6 is 0 Å². The number of hydrogen-bond donors (Lipinski definition) is 2. The van der Waals surface area contributed by atoms with Gasteiger partial charge in [-0.1, -0.05) is 38.0 Å². The lowest BCUT2D eigenvalue weighted by Crippen LogP contribution is -2.02. The van der Waals surface area contributed by atoms with Crippen LogP contribution in [0.4, 0.5) is 22.7 Å². The Hall–Kier alpha value is -2.36. The number of benzene rings is 2. The molecule has 2 aromatic rings. The summed E-state index contributed by atoms with van der Waals surface area (Å²) in [5.41, 5.74) is 9.17. The number of unbranched alkanes of at least 4 members (excludes halogenated alkanes) is 2. The van der Waals surface area contributed by atoms with E-state index in [2.05, 4.69) is 22.5 Å². The van der Waals surface area contributed by atoms with Gasteiger partial charge in [0, 0.05) is 12.2 Å². The Bertz CT molecular complexity index is 579. The molecule has 0 bridgehead atoms. The van der Waals surface area contributed by atoms with Crippen LogP contribution < -0.4 is 11.1 Å². The fraction of sp³-hybridized carbons (Fsp3) is 0.294. The Morgan fingerprint density at radius 2 is 1.81 bits per heavy atom. The maximum Gasteiger partial charge on any atom is 0.109 e. The number of nitrogens with one attached hydrogen (secondary N) is 1. The third kappa shape index (κ3) is 4.91. The molecule has 21 heavy (non-hydrogen) atoms. The van der Waals surface area contributed by atoms with E-state index in [1.54, 1.807) is 0 Å². The van der Waals surface area contributed by atoms with Crippen LogP contribution in [0, 0.1) is 0 Å². The van der Waals surface area contributed by atoms with E-state index in [0.717, 1.165) is 35.7 Å². The molecule has 2 rings (SSSR count). The van der Waals surface area contributed by atoms with Crippen LogP contribution in [0.15, 0.2) is 58.8 Å². The third-order valence-electron chi connectivity index (χ3n) is 3.15. The quantitative estimate of drug-likeness (QED) is 0.412. The topological polar surface area (TPSA) is 62.8 Å². The van der Waals surface area contributed by atoms with Gasteiger partial charge in [0.15, 0.2) is 0 Å². The van der Waals surface area contributed by atoms with Crippen LogP contribution in [0.25, 0.3) is 0 Å². The molecule has 0 heterocycles. The van der Waals surface area contributed by atoms with Gasteiger partial charge in [-0.2, -0.15) is 5.11 Å². The Labute approximate surface area is 126 Å². The van der Waals surface area contributed by atoms with E-state index in [4.69, 9.17) is 5.73 Å². The molecule has 0 atom stereocenters. The van der Waals surface area contributed by atoms with E-state index in [0.29, 0.717) is 0 Å². The molecule has 0 radical (unpaired) electrons. The van der Waals surface area contributed by atoms with E-state index < -0.39 is 0 Å². The first kappa shape index (κ1) is 15.0. The van der Waals surface area contributed by atoms with Gasteiger partial charge >= 0.3 is 0 Å². The van der Waals surface area contributed by atoms with Crippen molar-refractivity contribution >= 4 is 22.7 Å². The molecule has 110 valence electrons. The predicted molar refractivity (Wildman–Crippen MR) is 89.5 cm³/mol.